The van der Waals surface area contributed by atoms with Crippen LogP contribution in [0.2, 0.25) is 0 Å². The molecule has 0 fully saturated rings. The lowest BCUT2D eigenvalue weighted by Gasteiger charge is -2.13. The van der Waals surface area contributed by atoms with Crippen molar-refractivity contribution in [2.24, 2.45) is 0 Å². The topological polar surface area (TPSA) is 105 Å². The van der Waals surface area contributed by atoms with E-state index in [0.717, 1.165) is 17.0 Å². The lowest BCUT2D eigenvalue weighted by molar-refractivity contribution is -0.131. The smallest absolute Gasteiger partial charge is 0.328 e. The van der Waals surface area contributed by atoms with Gasteiger partial charge in [0.25, 0.3) is 0 Å². The number of rotatable bonds is 8. The summed E-state index contributed by atoms with van der Waals surface area (Å²) in [6.07, 6.45) is 1.71. The number of methoxy groups -OCH3 is 1. The number of carboxylic acid groups (broad SMARTS) is 1. The van der Waals surface area contributed by atoms with Crippen molar-refractivity contribution in [1.82, 2.24) is 0 Å². The average Bonchev–Trinajstić information content (AvgIpc) is 2.68. The predicted octanol–water partition coefficient (Wildman–Crippen LogP) is 3.39. The molecule has 0 heterocycles. The van der Waals surface area contributed by atoms with Gasteiger partial charge < -0.3 is 20.5 Å². The molecule has 0 aliphatic rings. The lowest BCUT2D eigenvalue weighted by Crippen LogP contribution is -2.22. The Morgan fingerprint density at radius 1 is 0.964 bits per heavy atom. The average molecular weight is 400 g/mol. The summed E-state index contributed by atoms with van der Waals surface area (Å²) >= 11 is 1.38. The number of anilines is 2. The van der Waals surface area contributed by atoms with Crippen molar-refractivity contribution < 1.29 is 24.2 Å². The minimum absolute atomic E-state index is 0.133. The molecule has 7 nitrogen and oxygen atoms in total. The summed E-state index contributed by atoms with van der Waals surface area (Å²) < 4.78 is 5.09. The molecule has 1 unspecified atom stereocenters. The van der Waals surface area contributed by atoms with Crippen molar-refractivity contribution in [3.8, 4) is 5.75 Å². The molecule has 0 saturated heterocycles. The van der Waals surface area contributed by atoms with Crippen LogP contribution in [0.3, 0.4) is 0 Å². The first-order chi connectivity index (χ1) is 13.4. The van der Waals surface area contributed by atoms with Crippen molar-refractivity contribution in [2.75, 3.05) is 17.7 Å². The van der Waals surface area contributed by atoms with Gasteiger partial charge in [-0.15, -0.1) is 11.8 Å². The third-order valence-corrected chi connectivity index (χ3v) is 4.65. The van der Waals surface area contributed by atoms with E-state index in [1.54, 1.807) is 62.6 Å². The van der Waals surface area contributed by atoms with Crippen LogP contribution in [0.25, 0.3) is 0 Å². The van der Waals surface area contributed by atoms with Gasteiger partial charge in [0, 0.05) is 28.4 Å². The zero-order valence-corrected chi connectivity index (χ0v) is 16.2. The van der Waals surface area contributed by atoms with Gasteiger partial charge in [0.05, 0.1) is 12.4 Å². The highest BCUT2D eigenvalue weighted by atomic mass is 32.2. The zero-order chi connectivity index (χ0) is 20.5. The number of carboxylic acids is 1. The first kappa shape index (κ1) is 21.0. The number of amides is 2. The van der Waals surface area contributed by atoms with Crippen LogP contribution in [0, 0.1) is 0 Å². The Bertz CT molecular complexity index is 863. The van der Waals surface area contributed by atoms with Crippen LogP contribution in [0.5, 0.6) is 5.75 Å². The summed E-state index contributed by atoms with van der Waals surface area (Å²) in [6, 6.07) is 14.0. The SMILES string of the molecule is COc1ccc(NC(=O)C(C)Sc2ccc(NC(=O)/C=C/C(=O)O)cc2)cc1. The van der Waals surface area contributed by atoms with Gasteiger partial charge in [-0.1, -0.05) is 0 Å². The summed E-state index contributed by atoms with van der Waals surface area (Å²) in [5, 5.41) is 13.6. The fourth-order valence-electron chi connectivity index (χ4n) is 2.12. The van der Waals surface area contributed by atoms with Crippen LogP contribution in [0.4, 0.5) is 11.4 Å². The van der Waals surface area contributed by atoms with Gasteiger partial charge in [0.1, 0.15) is 5.75 Å². The second-order valence-electron chi connectivity index (χ2n) is 5.66. The number of aliphatic carboxylic acids is 1. The molecule has 3 N–H and O–H groups in total. The summed E-state index contributed by atoms with van der Waals surface area (Å²) in [6.45, 7) is 1.80. The molecule has 2 amide bonds. The highest BCUT2D eigenvalue weighted by molar-refractivity contribution is 8.00. The van der Waals surface area contributed by atoms with Crippen molar-refractivity contribution in [2.45, 2.75) is 17.1 Å². The zero-order valence-electron chi connectivity index (χ0n) is 15.3. The van der Waals surface area contributed by atoms with Crippen molar-refractivity contribution in [3.05, 3.63) is 60.7 Å². The van der Waals surface area contributed by atoms with Crippen molar-refractivity contribution in [3.63, 3.8) is 0 Å². The predicted molar refractivity (Wildman–Crippen MR) is 109 cm³/mol. The number of carbonyl (C=O) groups is 3. The molecule has 8 heteroatoms. The Kier molecular flexibility index (Phi) is 7.65. The summed E-state index contributed by atoms with van der Waals surface area (Å²) in [4.78, 5) is 35.1. The van der Waals surface area contributed by atoms with Crippen molar-refractivity contribution >= 4 is 40.9 Å². The highest BCUT2D eigenvalue weighted by Gasteiger charge is 2.14. The highest BCUT2D eigenvalue weighted by Crippen LogP contribution is 2.26. The van der Waals surface area contributed by atoms with Crippen LogP contribution in [0.1, 0.15) is 6.92 Å². The van der Waals surface area contributed by atoms with Crippen LogP contribution in [0.15, 0.2) is 65.6 Å². The maximum Gasteiger partial charge on any atom is 0.328 e. The van der Waals surface area contributed by atoms with E-state index in [1.807, 2.05) is 0 Å². The van der Waals surface area contributed by atoms with Gasteiger partial charge in [-0.2, -0.15) is 0 Å². The van der Waals surface area contributed by atoms with Gasteiger partial charge in [0.15, 0.2) is 0 Å². The standard InChI is InChI=1S/C20H20N2O5S/c1-13(20(26)22-15-3-7-16(27-2)8-4-15)28-17-9-5-14(6-10-17)21-18(23)11-12-19(24)25/h3-13H,1-2H3,(H,21,23)(H,22,26)(H,24,25)/b12-11+. The number of thioether (sulfide) groups is 1. The Morgan fingerprint density at radius 2 is 1.54 bits per heavy atom. The van der Waals surface area contributed by atoms with E-state index in [2.05, 4.69) is 10.6 Å². The second kappa shape index (κ2) is 10.2. The third-order valence-electron chi connectivity index (χ3n) is 3.54. The second-order valence-corrected chi connectivity index (χ2v) is 7.08. The van der Waals surface area contributed by atoms with Crippen LogP contribution < -0.4 is 15.4 Å². The number of nitrogens with one attached hydrogen (secondary N) is 2. The Labute approximate surface area is 166 Å². The van der Waals surface area contributed by atoms with Crippen molar-refractivity contribution in [1.29, 1.82) is 0 Å². The Hall–Kier alpha value is -3.26. The van der Waals surface area contributed by atoms with E-state index in [1.165, 1.54) is 11.8 Å². The molecule has 2 aromatic rings. The van der Waals surface area contributed by atoms with Gasteiger partial charge >= 0.3 is 5.97 Å². The maximum atomic E-state index is 12.3. The lowest BCUT2D eigenvalue weighted by atomic mass is 10.3. The summed E-state index contributed by atoms with van der Waals surface area (Å²) in [5.74, 6) is -1.14. The van der Waals surface area contributed by atoms with Gasteiger partial charge in [0.2, 0.25) is 11.8 Å². The number of benzene rings is 2. The van der Waals surface area contributed by atoms with Gasteiger partial charge in [-0.25, -0.2) is 4.79 Å². The first-order valence-electron chi connectivity index (χ1n) is 8.31. The molecule has 0 spiro atoms. The fourth-order valence-corrected chi connectivity index (χ4v) is 2.99. The monoisotopic (exact) mass is 400 g/mol. The van der Waals surface area contributed by atoms with Gasteiger partial charge in [-0.3, -0.25) is 9.59 Å². The summed E-state index contributed by atoms with van der Waals surface area (Å²) in [5.41, 5.74) is 1.21. The molecule has 0 saturated carbocycles. The van der Waals surface area contributed by atoms with E-state index < -0.39 is 11.9 Å². The Balaban J connectivity index is 1.88. The Morgan fingerprint density at radius 3 is 2.11 bits per heavy atom. The van der Waals surface area contributed by atoms with E-state index in [4.69, 9.17) is 9.84 Å². The van der Waals surface area contributed by atoms with E-state index in [-0.39, 0.29) is 11.2 Å². The largest absolute Gasteiger partial charge is 0.497 e. The molecule has 28 heavy (non-hydrogen) atoms. The first-order valence-corrected chi connectivity index (χ1v) is 9.19. The number of ether oxygens (including phenoxy) is 1. The number of carbonyl (C=O) groups excluding carboxylic acids is 2. The summed E-state index contributed by atoms with van der Waals surface area (Å²) in [7, 11) is 1.58. The van der Waals surface area contributed by atoms with E-state index in [9.17, 15) is 14.4 Å². The molecule has 2 rings (SSSR count). The molecular formula is C20H20N2O5S. The van der Waals surface area contributed by atoms with Crippen LogP contribution >= 0.6 is 11.8 Å². The van der Waals surface area contributed by atoms with E-state index >= 15 is 0 Å². The number of hydrogen-bond acceptors (Lipinski definition) is 5. The normalized spacial score (nSPS) is 11.6. The van der Waals surface area contributed by atoms with Crippen LogP contribution in [-0.2, 0) is 14.4 Å². The molecule has 0 aromatic heterocycles. The molecule has 0 radical (unpaired) electrons. The van der Waals surface area contributed by atoms with Crippen LogP contribution in [-0.4, -0.2) is 35.2 Å². The molecule has 0 aliphatic carbocycles. The maximum absolute atomic E-state index is 12.3. The van der Waals surface area contributed by atoms with E-state index in [0.29, 0.717) is 17.1 Å². The van der Waals surface area contributed by atoms with Gasteiger partial charge in [-0.05, 0) is 55.5 Å². The quantitative estimate of drug-likeness (QED) is 0.463. The molecule has 0 bridgehead atoms. The molecule has 2 aromatic carbocycles. The minimum atomic E-state index is -1.19. The minimum Gasteiger partial charge on any atom is -0.497 e. The molecule has 0 aliphatic heterocycles. The third kappa shape index (κ3) is 6.81. The molecular weight excluding hydrogens is 380 g/mol. The molecule has 146 valence electrons. The molecule has 1 atom stereocenters. The fraction of sp³-hybridized carbons (Fsp3) is 0.150. The number of hydrogen-bond donors (Lipinski definition) is 3.